The highest BCUT2D eigenvalue weighted by atomic mass is 35.5. The summed E-state index contributed by atoms with van der Waals surface area (Å²) >= 11 is 0. The Morgan fingerprint density at radius 2 is 1.86 bits per heavy atom. The number of carbonyl (C=O) groups is 1. The van der Waals surface area contributed by atoms with E-state index in [1.807, 2.05) is 6.07 Å². The van der Waals surface area contributed by atoms with Crippen molar-refractivity contribution in [2.24, 2.45) is 11.7 Å². The number of hydrogen-bond acceptors (Lipinski definition) is 3. The summed E-state index contributed by atoms with van der Waals surface area (Å²) in [6, 6.07) is 4.62. The van der Waals surface area contributed by atoms with E-state index in [0.717, 1.165) is 31.6 Å². The molecule has 1 aromatic carbocycles. The van der Waals surface area contributed by atoms with Crippen LogP contribution in [-0.2, 0) is 4.79 Å². The number of amides is 1. The Morgan fingerprint density at radius 3 is 2.41 bits per heavy atom. The summed E-state index contributed by atoms with van der Waals surface area (Å²) in [6.07, 6.45) is 2.19. The Labute approximate surface area is 143 Å². The van der Waals surface area contributed by atoms with E-state index in [-0.39, 0.29) is 48.4 Å². The van der Waals surface area contributed by atoms with E-state index in [0.29, 0.717) is 0 Å². The van der Waals surface area contributed by atoms with Crippen LogP contribution in [0.3, 0.4) is 0 Å². The van der Waals surface area contributed by atoms with Gasteiger partial charge in [0.1, 0.15) is 11.5 Å². The third-order valence-electron chi connectivity index (χ3n) is 3.89. The van der Waals surface area contributed by atoms with E-state index in [1.54, 1.807) is 19.9 Å². The average Bonchev–Trinajstić information content (AvgIpc) is 2.93. The van der Waals surface area contributed by atoms with Gasteiger partial charge in [-0.25, -0.2) is 4.39 Å². The fraction of sp³-hybridized carbons (Fsp3) is 0.533. The Morgan fingerprint density at radius 1 is 1.27 bits per heavy atom. The molecule has 126 valence electrons. The van der Waals surface area contributed by atoms with E-state index in [1.165, 1.54) is 6.07 Å². The number of anilines is 2. The van der Waals surface area contributed by atoms with Crippen LogP contribution in [0.5, 0.6) is 0 Å². The van der Waals surface area contributed by atoms with Crippen molar-refractivity contribution in [1.29, 1.82) is 0 Å². The van der Waals surface area contributed by atoms with Gasteiger partial charge in [-0.2, -0.15) is 0 Å². The highest BCUT2D eigenvalue weighted by Gasteiger charge is 2.22. The summed E-state index contributed by atoms with van der Waals surface area (Å²) in [4.78, 5) is 14.2. The average molecular weight is 352 g/mol. The maximum Gasteiger partial charge on any atom is 0.228 e. The standard InChI is InChI=1S/C15H22FN3O.2ClH/c1-10(11(2)17)15(20)18-14-12(16)6-5-7-13(14)19-8-3-4-9-19;;/h5-7,10-11H,3-4,8-9,17H2,1-2H3,(H,18,20);2*1H. The number of nitrogens with two attached hydrogens (primary N) is 1. The minimum absolute atomic E-state index is 0. The first-order chi connectivity index (χ1) is 9.50. The van der Waals surface area contributed by atoms with Gasteiger partial charge in [-0.3, -0.25) is 4.79 Å². The molecule has 1 amide bonds. The molecular weight excluding hydrogens is 328 g/mol. The zero-order valence-electron chi connectivity index (χ0n) is 12.8. The van der Waals surface area contributed by atoms with Crippen molar-refractivity contribution in [3.8, 4) is 0 Å². The summed E-state index contributed by atoms with van der Waals surface area (Å²) in [5, 5.41) is 2.70. The van der Waals surface area contributed by atoms with Crippen molar-refractivity contribution < 1.29 is 9.18 Å². The summed E-state index contributed by atoms with van der Waals surface area (Å²) in [5.74, 6) is -1.01. The molecular formula is C15H24Cl2FN3O. The Hall–Kier alpha value is -1.04. The molecule has 0 spiro atoms. The van der Waals surface area contributed by atoms with E-state index in [9.17, 15) is 9.18 Å². The SMILES string of the molecule is CC(N)C(C)C(=O)Nc1c(F)cccc1N1CCCC1.Cl.Cl. The largest absolute Gasteiger partial charge is 0.370 e. The van der Waals surface area contributed by atoms with E-state index >= 15 is 0 Å². The number of nitrogens with one attached hydrogen (secondary N) is 1. The Bertz CT molecular complexity index is 494. The number of rotatable bonds is 4. The van der Waals surface area contributed by atoms with Crippen LogP contribution >= 0.6 is 24.8 Å². The second kappa shape index (κ2) is 9.18. The maximum atomic E-state index is 14.1. The lowest BCUT2D eigenvalue weighted by Crippen LogP contribution is -2.35. The first-order valence-corrected chi connectivity index (χ1v) is 7.10. The number of hydrogen-bond donors (Lipinski definition) is 2. The van der Waals surface area contributed by atoms with Gasteiger partial charge in [-0.15, -0.1) is 24.8 Å². The molecule has 1 saturated heterocycles. The molecule has 1 heterocycles. The van der Waals surface area contributed by atoms with Gasteiger partial charge in [-0.05, 0) is 31.9 Å². The smallest absolute Gasteiger partial charge is 0.228 e. The third-order valence-corrected chi connectivity index (χ3v) is 3.89. The Kier molecular flexibility index (Phi) is 8.74. The van der Waals surface area contributed by atoms with Crippen LogP contribution in [0.2, 0.25) is 0 Å². The van der Waals surface area contributed by atoms with Crippen molar-refractivity contribution in [3.05, 3.63) is 24.0 Å². The van der Waals surface area contributed by atoms with E-state index in [4.69, 9.17) is 5.73 Å². The molecule has 0 bridgehead atoms. The molecule has 2 unspecified atom stereocenters. The molecule has 1 fully saturated rings. The highest BCUT2D eigenvalue weighted by molar-refractivity contribution is 5.96. The molecule has 2 rings (SSSR count). The summed E-state index contributed by atoms with van der Waals surface area (Å²) in [7, 11) is 0. The molecule has 3 N–H and O–H groups in total. The predicted octanol–water partition coefficient (Wildman–Crippen LogP) is 3.19. The van der Waals surface area contributed by atoms with Crippen molar-refractivity contribution >= 4 is 42.1 Å². The number of nitrogens with zero attached hydrogens (tertiary/aromatic N) is 1. The minimum atomic E-state index is -0.403. The molecule has 2 atom stereocenters. The second-order valence-electron chi connectivity index (χ2n) is 5.47. The first kappa shape index (κ1) is 21.0. The predicted molar refractivity (Wildman–Crippen MR) is 93.8 cm³/mol. The maximum absolute atomic E-state index is 14.1. The second-order valence-corrected chi connectivity index (χ2v) is 5.47. The van der Waals surface area contributed by atoms with Gasteiger partial charge >= 0.3 is 0 Å². The summed E-state index contributed by atoms with van der Waals surface area (Å²) in [5.41, 5.74) is 6.75. The molecule has 0 aliphatic carbocycles. The van der Waals surface area contributed by atoms with Gasteiger partial charge < -0.3 is 16.0 Å². The van der Waals surface area contributed by atoms with Gasteiger partial charge in [0.25, 0.3) is 0 Å². The van der Waals surface area contributed by atoms with Crippen molar-refractivity contribution in [2.75, 3.05) is 23.3 Å². The van der Waals surface area contributed by atoms with Crippen LogP contribution in [0.1, 0.15) is 26.7 Å². The fourth-order valence-electron chi connectivity index (χ4n) is 2.33. The van der Waals surface area contributed by atoms with Crippen molar-refractivity contribution in [2.45, 2.75) is 32.7 Å². The van der Waals surface area contributed by atoms with Gasteiger partial charge in [0.2, 0.25) is 5.91 Å². The Balaban J connectivity index is 0.00000220. The number of carbonyl (C=O) groups excluding carboxylic acids is 1. The lowest BCUT2D eigenvalue weighted by atomic mass is 10.0. The molecule has 1 aliphatic heterocycles. The fourth-order valence-corrected chi connectivity index (χ4v) is 2.33. The normalized spacial score (nSPS) is 16.3. The van der Waals surface area contributed by atoms with Crippen LogP contribution < -0.4 is 16.0 Å². The van der Waals surface area contributed by atoms with Crippen LogP contribution in [0, 0.1) is 11.7 Å². The monoisotopic (exact) mass is 351 g/mol. The van der Waals surface area contributed by atoms with E-state index < -0.39 is 5.82 Å². The van der Waals surface area contributed by atoms with Crippen LogP contribution in [0.4, 0.5) is 15.8 Å². The van der Waals surface area contributed by atoms with Gasteiger partial charge in [0, 0.05) is 19.1 Å². The van der Waals surface area contributed by atoms with Crippen molar-refractivity contribution in [1.82, 2.24) is 0 Å². The summed E-state index contributed by atoms with van der Waals surface area (Å²) in [6.45, 7) is 5.31. The van der Waals surface area contributed by atoms with Gasteiger partial charge in [0.15, 0.2) is 0 Å². The van der Waals surface area contributed by atoms with Crippen LogP contribution in [0.25, 0.3) is 0 Å². The molecule has 0 aromatic heterocycles. The molecule has 22 heavy (non-hydrogen) atoms. The van der Waals surface area contributed by atoms with Crippen molar-refractivity contribution in [3.63, 3.8) is 0 Å². The van der Waals surface area contributed by atoms with Gasteiger partial charge in [-0.1, -0.05) is 13.0 Å². The minimum Gasteiger partial charge on any atom is -0.370 e. The zero-order chi connectivity index (χ0) is 14.7. The number of para-hydroxylation sites is 1. The molecule has 1 aromatic rings. The quantitative estimate of drug-likeness (QED) is 0.875. The van der Waals surface area contributed by atoms with E-state index in [2.05, 4.69) is 10.2 Å². The molecule has 7 heteroatoms. The molecule has 4 nitrogen and oxygen atoms in total. The lowest BCUT2D eigenvalue weighted by molar-refractivity contribution is -0.119. The first-order valence-electron chi connectivity index (χ1n) is 7.10. The molecule has 1 aliphatic rings. The number of benzene rings is 1. The number of halogens is 3. The highest BCUT2D eigenvalue weighted by Crippen LogP contribution is 2.31. The van der Waals surface area contributed by atoms with Crippen LogP contribution in [0.15, 0.2) is 18.2 Å². The summed E-state index contributed by atoms with van der Waals surface area (Å²) < 4.78 is 14.1. The topological polar surface area (TPSA) is 58.4 Å². The third kappa shape index (κ3) is 4.73. The molecule has 0 radical (unpaired) electrons. The van der Waals surface area contributed by atoms with Gasteiger partial charge in [0.05, 0.1) is 11.6 Å². The zero-order valence-corrected chi connectivity index (χ0v) is 14.5. The van der Waals surface area contributed by atoms with Crippen LogP contribution in [-0.4, -0.2) is 25.0 Å². The lowest BCUT2D eigenvalue weighted by Gasteiger charge is -2.23. The molecule has 0 saturated carbocycles.